The van der Waals surface area contributed by atoms with Crippen LogP contribution in [0.3, 0.4) is 0 Å². The number of nitrogens with zero attached hydrogens (tertiary/aromatic N) is 1. The number of nitrogens with one attached hydrogen (secondary N) is 1. The van der Waals surface area contributed by atoms with E-state index in [2.05, 4.69) is 17.2 Å². The second kappa shape index (κ2) is 9.27. The molecule has 2 rings (SSSR count). The molecule has 0 spiro atoms. The lowest BCUT2D eigenvalue weighted by molar-refractivity contribution is 0.0949. The summed E-state index contributed by atoms with van der Waals surface area (Å²) >= 11 is 1.41. The van der Waals surface area contributed by atoms with Crippen LogP contribution in [0.25, 0.3) is 0 Å². The van der Waals surface area contributed by atoms with Crippen LogP contribution in [0.5, 0.6) is 5.75 Å². The molecular weight excluding hydrogens is 310 g/mol. The van der Waals surface area contributed by atoms with Gasteiger partial charge in [0.25, 0.3) is 5.91 Å². The molecule has 0 saturated carbocycles. The predicted octanol–water partition coefficient (Wildman–Crippen LogP) is 2.75. The minimum Gasteiger partial charge on any atom is -0.494 e. The van der Waals surface area contributed by atoms with Crippen LogP contribution in [0.1, 0.15) is 40.8 Å². The first kappa shape index (κ1) is 17.4. The number of thiazole rings is 1. The van der Waals surface area contributed by atoms with E-state index in [4.69, 9.17) is 10.5 Å². The van der Waals surface area contributed by atoms with Gasteiger partial charge in [-0.25, -0.2) is 4.98 Å². The molecule has 2 aromatic rings. The lowest BCUT2D eigenvalue weighted by Gasteiger charge is -2.07. The summed E-state index contributed by atoms with van der Waals surface area (Å²) in [6, 6.07) is 8.01. The summed E-state index contributed by atoms with van der Waals surface area (Å²) < 4.78 is 5.63. The number of unbranched alkanes of at least 4 members (excludes halogenated alkanes) is 1. The van der Waals surface area contributed by atoms with Gasteiger partial charge in [0.2, 0.25) is 0 Å². The molecule has 23 heavy (non-hydrogen) atoms. The van der Waals surface area contributed by atoms with E-state index in [1.807, 2.05) is 24.3 Å². The Bertz CT molecular complexity index is 611. The second-order valence-corrected chi connectivity index (χ2v) is 6.13. The summed E-state index contributed by atoms with van der Waals surface area (Å²) in [5.41, 5.74) is 7.10. The number of nitrogens with two attached hydrogens (primary N) is 1. The van der Waals surface area contributed by atoms with Gasteiger partial charge in [-0.1, -0.05) is 25.5 Å². The largest absolute Gasteiger partial charge is 0.494 e. The lowest BCUT2D eigenvalue weighted by atomic mass is 10.1. The molecule has 1 amide bonds. The molecule has 0 bridgehead atoms. The Morgan fingerprint density at radius 1 is 1.35 bits per heavy atom. The zero-order valence-electron chi connectivity index (χ0n) is 13.4. The number of amides is 1. The molecule has 0 aliphatic rings. The maximum absolute atomic E-state index is 11.9. The van der Waals surface area contributed by atoms with Crippen molar-refractivity contribution in [2.75, 3.05) is 13.2 Å². The van der Waals surface area contributed by atoms with E-state index in [9.17, 15) is 4.79 Å². The number of hydrogen-bond donors (Lipinski definition) is 2. The molecule has 1 heterocycles. The van der Waals surface area contributed by atoms with Gasteiger partial charge in [0, 0.05) is 18.5 Å². The SMILES string of the molecule is CCCCOc1ccc(CCNC(=O)c2csc(CN)n2)cc1. The molecule has 124 valence electrons. The summed E-state index contributed by atoms with van der Waals surface area (Å²) in [4.78, 5) is 16.1. The van der Waals surface area contributed by atoms with Crippen LogP contribution in [0, 0.1) is 0 Å². The molecule has 1 aromatic carbocycles. The van der Waals surface area contributed by atoms with Crippen molar-refractivity contribution >= 4 is 17.2 Å². The van der Waals surface area contributed by atoms with Gasteiger partial charge in [0.1, 0.15) is 16.5 Å². The first-order chi connectivity index (χ1) is 11.2. The molecule has 0 aliphatic carbocycles. The average molecular weight is 333 g/mol. The van der Waals surface area contributed by atoms with Crippen molar-refractivity contribution < 1.29 is 9.53 Å². The van der Waals surface area contributed by atoms with Crippen molar-refractivity contribution in [3.8, 4) is 5.75 Å². The average Bonchev–Trinajstić information content (AvgIpc) is 3.06. The van der Waals surface area contributed by atoms with Crippen molar-refractivity contribution in [3.05, 3.63) is 45.9 Å². The van der Waals surface area contributed by atoms with Gasteiger partial charge < -0.3 is 15.8 Å². The zero-order valence-corrected chi connectivity index (χ0v) is 14.2. The molecule has 5 nitrogen and oxygen atoms in total. The van der Waals surface area contributed by atoms with Crippen LogP contribution in [0.2, 0.25) is 0 Å². The highest BCUT2D eigenvalue weighted by atomic mass is 32.1. The van der Waals surface area contributed by atoms with Crippen molar-refractivity contribution in [1.29, 1.82) is 0 Å². The first-order valence-electron chi connectivity index (χ1n) is 7.87. The third-order valence-corrected chi connectivity index (χ3v) is 4.22. The van der Waals surface area contributed by atoms with Crippen molar-refractivity contribution in [3.63, 3.8) is 0 Å². The van der Waals surface area contributed by atoms with Crippen molar-refractivity contribution in [1.82, 2.24) is 10.3 Å². The van der Waals surface area contributed by atoms with Gasteiger partial charge in [-0.15, -0.1) is 11.3 Å². The highest BCUT2D eigenvalue weighted by Crippen LogP contribution is 2.13. The number of carbonyl (C=O) groups is 1. The van der Waals surface area contributed by atoms with E-state index in [1.165, 1.54) is 11.3 Å². The smallest absolute Gasteiger partial charge is 0.270 e. The molecule has 6 heteroatoms. The van der Waals surface area contributed by atoms with E-state index in [-0.39, 0.29) is 5.91 Å². The number of ether oxygens (including phenoxy) is 1. The maximum Gasteiger partial charge on any atom is 0.270 e. The Labute approximate surface area is 140 Å². The van der Waals surface area contributed by atoms with Gasteiger partial charge in [0.15, 0.2) is 0 Å². The zero-order chi connectivity index (χ0) is 16.5. The number of hydrogen-bond acceptors (Lipinski definition) is 5. The van der Waals surface area contributed by atoms with Crippen molar-refractivity contribution in [2.24, 2.45) is 5.73 Å². The molecule has 0 atom stereocenters. The van der Waals surface area contributed by atoms with Gasteiger partial charge in [0.05, 0.1) is 6.61 Å². The summed E-state index contributed by atoms with van der Waals surface area (Å²) in [7, 11) is 0. The van der Waals surface area contributed by atoms with Crippen LogP contribution < -0.4 is 15.8 Å². The Hall–Kier alpha value is -1.92. The third-order valence-electron chi connectivity index (χ3n) is 3.35. The Morgan fingerprint density at radius 2 is 2.13 bits per heavy atom. The third kappa shape index (κ3) is 5.65. The number of benzene rings is 1. The van der Waals surface area contributed by atoms with E-state index in [0.29, 0.717) is 18.8 Å². The minimum atomic E-state index is -0.152. The lowest BCUT2D eigenvalue weighted by Crippen LogP contribution is -2.26. The van der Waals surface area contributed by atoms with Gasteiger partial charge >= 0.3 is 0 Å². The molecule has 0 fully saturated rings. The first-order valence-corrected chi connectivity index (χ1v) is 8.75. The van der Waals surface area contributed by atoms with E-state index in [1.54, 1.807) is 5.38 Å². The van der Waals surface area contributed by atoms with Gasteiger partial charge in [-0.3, -0.25) is 4.79 Å². The molecule has 0 aliphatic heterocycles. The minimum absolute atomic E-state index is 0.152. The molecule has 0 unspecified atom stereocenters. The summed E-state index contributed by atoms with van der Waals surface area (Å²) in [6.07, 6.45) is 2.97. The normalized spacial score (nSPS) is 10.5. The quantitative estimate of drug-likeness (QED) is 0.692. The fourth-order valence-electron chi connectivity index (χ4n) is 2.01. The van der Waals surface area contributed by atoms with Crippen LogP contribution in [0.15, 0.2) is 29.6 Å². The highest BCUT2D eigenvalue weighted by molar-refractivity contribution is 7.09. The fourth-order valence-corrected chi connectivity index (χ4v) is 2.66. The summed E-state index contributed by atoms with van der Waals surface area (Å²) in [6.45, 7) is 3.84. The predicted molar refractivity (Wildman–Crippen MR) is 92.9 cm³/mol. The molecule has 0 radical (unpaired) electrons. The second-order valence-electron chi connectivity index (χ2n) is 5.18. The van der Waals surface area contributed by atoms with Crippen LogP contribution >= 0.6 is 11.3 Å². The van der Waals surface area contributed by atoms with E-state index >= 15 is 0 Å². The summed E-state index contributed by atoms with van der Waals surface area (Å²) in [5, 5.41) is 5.38. The van der Waals surface area contributed by atoms with E-state index < -0.39 is 0 Å². The van der Waals surface area contributed by atoms with Gasteiger partial charge in [-0.05, 0) is 30.5 Å². The summed E-state index contributed by atoms with van der Waals surface area (Å²) in [5.74, 6) is 0.739. The molecular formula is C17H23N3O2S. The molecule has 0 saturated heterocycles. The standard InChI is InChI=1S/C17H23N3O2S/c1-2-3-10-22-14-6-4-13(5-7-14)8-9-19-17(21)15-12-23-16(11-18)20-15/h4-7,12H,2-3,8-11,18H2,1H3,(H,19,21). The van der Waals surface area contributed by atoms with Crippen molar-refractivity contribution in [2.45, 2.75) is 32.7 Å². The topological polar surface area (TPSA) is 77.2 Å². The van der Waals surface area contributed by atoms with Crippen LogP contribution in [-0.2, 0) is 13.0 Å². The van der Waals surface area contributed by atoms with Crippen LogP contribution in [-0.4, -0.2) is 24.0 Å². The highest BCUT2D eigenvalue weighted by Gasteiger charge is 2.09. The van der Waals surface area contributed by atoms with Gasteiger partial charge in [-0.2, -0.15) is 0 Å². The fraction of sp³-hybridized carbons (Fsp3) is 0.412. The maximum atomic E-state index is 11.9. The Morgan fingerprint density at radius 3 is 2.78 bits per heavy atom. The number of carbonyl (C=O) groups excluding carboxylic acids is 1. The Kier molecular flexibility index (Phi) is 7.03. The number of rotatable bonds is 9. The monoisotopic (exact) mass is 333 g/mol. The molecule has 3 N–H and O–H groups in total. The number of aromatic nitrogens is 1. The van der Waals surface area contributed by atoms with E-state index in [0.717, 1.165) is 42.2 Å². The van der Waals surface area contributed by atoms with Crippen LogP contribution in [0.4, 0.5) is 0 Å². The Balaban J connectivity index is 1.74. The molecule has 1 aromatic heterocycles.